The van der Waals surface area contributed by atoms with Crippen LogP contribution in [0.1, 0.15) is 23.4 Å². The summed E-state index contributed by atoms with van der Waals surface area (Å²) in [4.78, 5) is 6.62. The Hall–Kier alpha value is -1.68. The van der Waals surface area contributed by atoms with Gasteiger partial charge in [0, 0.05) is 43.3 Å². The first-order valence-electron chi connectivity index (χ1n) is 8.99. The van der Waals surface area contributed by atoms with Crippen LogP contribution in [-0.4, -0.2) is 44.4 Å². The van der Waals surface area contributed by atoms with Crippen molar-refractivity contribution >= 4 is 47.2 Å². The van der Waals surface area contributed by atoms with Gasteiger partial charge in [0.1, 0.15) is 11.5 Å². The van der Waals surface area contributed by atoms with Gasteiger partial charge in [-0.1, -0.05) is 16.8 Å². The zero-order chi connectivity index (χ0) is 19.4. The Morgan fingerprint density at radius 3 is 2.86 bits per heavy atom. The fraction of sp³-hybridized carbons (Fsp3) is 0.474. The Morgan fingerprint density at radius 1 is 1.43 bits per heavy atom. The van der Waals surface area contributed by atoms with Gasteiger partial charge >= 0.3 is 0 Å². The van der Waals surface area contributed by atoms with E-state index in [2.05, 4.69) is 25.7 Å². The van der Waals surface area contributed by atoms with Gasteiger partial charge in [-0.2, -0.15) is 0 Å². The molecule has 1 unspecified atom stereocenters. The number of benzene rings is 1. The van der Waals surface area contributed by atoms with Crippen molar-refractivity contribution in [3.05, 3.63) is 40.2 Å². The van der Waals surface area contributed by atoms with Crippen LogP contribution < -0.4 is 20.3 Å². The highest BCUT2D eigenvalue weighted by Crippen LogP contribution is 2.33. The third-order valence-electron chi connectivity index (χ3n) is 4.85. The van der Waals surface area contributed by atoms with Crippen molar-refractivity contribution in [3.63, 3.8) is 0 Å². The normalized spacial score (nSPS) is 16.7. The highest BCUT2D eigenvalue weighted by Gasteiger charge is 2.25. The average Bonchev–Trinajstić information content (AvgIpc) is 3.25. The van der Waals surface area contributed by atoms with Crippen molar-refractivity contribution in [2.75, 3.05) is 32.1 Å². The van der Waals surface area contributed by atoms with Crippen molar-refractivity contribution in [1.82, 2.24) is 15.8 Å². The van der Waals surface area contributed by atoms with Crippen LogP contribution in [0, 0.1) is 13.8 Å². The molecule has 2 heterocycles. The summed E-state index contributed by atoms with van der Waals surface area (Å²) in [6.45, 7) is 6.26. The average molecular weight is 520 g/mol. The molecule has 1 atom stereocenters. The summed E-state index contributed by atoms with van der Waals surface area (Å²) in [5.74, 6) is 2.43. The molecule has 1 aliphatic heterocycles. The number of aromatic nitrogens is 1. The van der Waals surface area contributed by atoms with Crippen molar-refractivity contribution in [2.24, 2.45) is 4.99 Å². The fourth-order valence-electron chi connectivity index (χ4n) is 3.32. The van der Waals surface area contributed by atoms with E-state index in [4.69, 9.17) is 20.9 Å². The monoisotopic (exact) mass is 519 g/mol. The molecule has 3 rings (SSSR count). The standard InChI is InChI=1S/C19H26ClN5O2.HI/c1-12-16(13(2)27-24-12)10-22-19(21-3)23-15-7-8-25(11-15)17-9-14(20)5-6-18(17)26-4;/h5-6,9,15H,7-8,10-11H2,1-4H3,(H2,21,22,23);1H. The minimum atomic E-state index is 0. The number of hydrogen-bond acceptors (Lipinski definition) is 5. The number of aryl methyl sites for hydroxylation is 2. The Morgan fingerprint density at radius 2 is 2.21 bits per heavy atom. The van der Waals surface area contributed by atoms with Gasteiger partial charge in [-0.05, 0) is 38.5 Å². The molecule has 2 aromatic rings. The smallest absolute Gasteiger partial charge is 0.191 e. The van der Waals surface area contributed by atoms with Gasteiger partial charge in [0.25, 0.3) is 0 Å². The molecule has 0 spiro atoms. The zero-order valence-corrected chi connectivity index (χ0v) is 19.7. The number of guanidine groups is 1. The molecule has 1 aromatic carbocycles. The SMILES string of the molecule is CN=C(NCc1c(C)noc1C)NC1CCN(c2cc(Cl)ccc2OC)C1.I. The lowest BCUT2D eigenvalue weighted by atomic mass is 10.2. The van der Waals surface area contributed by atoms with E-state index < -0.39 is 0 Å². The Kier molecular flexibility index (Phi) is 8.23. The maximum Gasteiger partial charge on any atom is 0.191 e. The lowest BCUT2D eigenvalue weighted by Gasteiger charge is -2.22. The van der Waals surface area contributed by atoms with Crippen molar-refractivity contribution in [3.8, 4) is 5.75 Å². The first-order chi connectivity index (χ1) is 13.0. The van der Waals surface area contributed by atoms with Gasteiger partial charge in [-0.25, -0.2) is 0 Å². The Labute approximate surface area is 187 Å². The molecule has 0 amide bonds. The number of ether oxygens (including phenoxy) is 1. The second-order valence-corrected chi connectivity index (χ2v) is 7.06. The highest BCUT2D eigenvalue weighted by atomic mass is 127. The van der Waals surface area contributed by atoms with Gasteiger partial charge < -0.3 is 24.8 Å². The van der Waals surface area contributed by atoms with Crippen LogP contribution in [0.5, 0.6) is 5.75 Å². The van der Waals surface area contributed by atoms with E-state index in [1.807, 2.05) is 32.0 Å². The number of methoxy groups -OCH3 is 1. The fourth-order valence-corrected chi connectivity index (χ4v) is 3.49. The molecule has 9 heteroatoms. The summed E-state index contributed by atoms with van der Waals surface area (Å²) in [5.41, 5.74) is 2.98. The van der Waals surface area contributed by atoms with E-state index in [9.17, 15) is 0 Å². The molecular formula is C19H27ClIN5O2. The summed E-state index contributed by atoms with van der Waals surface area (Å²) < 4.78 is 10.7. The maximum absolute atomic E-state index is 6.17. The third kappa shape index (κ3) is 5.22. The van der Waals surface area contributed by atoms with E-state index in [0.717, 1.165) is 53.9 Å². The van der Waals surface area contributed by atoms with Crippen LogP contribution in [0.15, 0.2) is 27.7 Å². The number of rotatable bonds is 5. The van der Waals surface area contributed by atoms with Gasteiger partial charge in [-0.15, -0.1) is 24.0 Å². The summed E-state index contributed by atoms with van der Waals surface area (Å²) in [6.07, 6.45) is 1.00. The predicted octanol–water partition coefficient (Wildman–Crippen LogP) is 3.52. The van der Waals surface area contributed by atoms with Gasteiger partial charge in [0.2, 0.25) is 0 Å². The quantitative estimate of drug-likeness (QED) is 0.358. The topological polar surface area (TPSA) is 74.9 Å². The second kappa shape index (κ2) is 10.2. The molecule has 0 bridgehead atoms. The minimum Gasteiger partial charge on any atom is -0.495 e. The molecule has 7 nitrogen and oxygen atoms in total. The van der Waals surface area contributed by atoms with Crippen LogP contribution >= 0.6 is 35.6 Å². The number of hydrogen-bond donors (Lipinski definition) is 2. The molecular weight excluding hydrogens is 493 g/mol. The van der Waals surface area contributed by atoms with E-state index in [-0.39, 0.29) is 30.0 Å². The summed E-state index contributed by atoms with van der Waals surface area (Å²) in [5, 5.41) is 11.5. The summed E-state index contributed by atoms with van der Waals surface area (Å²) in [7, 11) is 3.45. The number of aliphatic imine (C=N–C) groups is 1. The lowest BCUT2D eigenvalue weighted by molar-refractivity contribution is 0.392. The van der Waals surface area contributed by atoms with Gasteiger partial charge in [0.05, 0.1) is 18.5 Å². The molecule has 1 aromatic heterocycles. The number of nitrogens with one attached hydrogen (secondary N) is 2. The lowest BCUT2D eigenvalue weighted by Crippen LogP contribution is -2.44. The number of nitrogens with zero attached hydrogens (tertiary/aromatic N) is 3. The first kappa shape index (κ1) is 22.6. The minimum absolute atomic E-state index is 0. The van der Waals surface area contributed by atoms with Gasteiger partial charge in [0.15, 0.2) is 5.96 Å². The van der Waals surface area contributed by atoms with Crippen LogP contribution in [0.25, 0.3) is 0 Å². The molecule has 28 heavy (non-hydrogen) atoms. The molecule has 1 fully saturated rings. The third-order valence-corrected chi connectivity index (χ3v) is 5.08. The molecule has 2 N–H and O–H groups in total. The van der Waals surface area contributed by atoms with Crippen molar-refractivity contribution in [2.45, 2.75) is 32.9 Å². The van der Waals surface area contributed by atoms with Crippen molar-refractivity contribution in [1.29, 1.82) is 0 Å². The predicted molar refractivity (Wildman–Crippen MR) is 123 cm³/mol. The molecule has 0 aliphatic carbocycles. The Bertz CT molecular complexity index is 807. The maximum atomic E-state index is 6.17. The van der Waals surface area contributed by atoms with E-state index in [1.165, 1.54) is 0 Å². The summed E-state index contributed by atoms with van der Waals surface area (Å²) in [6, 6.07) is 5.98. The summed E-state index contributed by atoms with van der Waals surface area (Å²) >= 11 is 6.17. The molecule has 0 radical (unpaired) electrons. The van der Waals surface area contributed by atoms with Crippen LogP contribution in [0.2, 0.25) is 5.02 Å². The van der Waals surface area contributed by atoms with Crippen molar-refractivity contribution < 1.29 is 9.26 Å². The molecule has 1 aliphatic rings. The largest absolute Gasteiger partial charge is 0.495 e. The van der Waals surface area contributed by atoms with E-state index in [1.54, 1.807) is 14.2 Å². The highest BCUT2D eigenvalue weighted by molar-refractivity contribution is 14.0. The molecule has 154 valence electrons. The van der Waals surface area contributed by atoms with Gasteiger partial charge in [-0.3, -0.25) is 4.99 Å². The molecule has 0 saturated carbocycles. The van der Waals surface area contributed by atoms with Crippen LogP contribution in [-0.2, 0) is 6.54 Å². The van der Waals surface area contributed by atoms with E-state index >= 15 is 0 Å². The second-order valence-electron chi connectivity index (χ2n) is 6.62. The zero-order valence-electron chi connectivity index (χ0n) is 16.6. The van der Waals surface area contributed by atoms with E-state index in [0.29, 0.717) is 11.6 Å². The number of anilines is 1. The first-order valence-corrected chi connectivity index (χ1v) is 9.37. The number of halogens is 2. The molecule has 1 saturated heterocycles. The van der Waals surface area contributed by atoms with Crippen LogP contribution in [0.4, 0.5) is 5.69 Å². The Balaban J connectivity index is 0.00000280. The van der Waals surface area contributed by atoms with Crippen LogP contribution in [0.3, 0.4) is 0 Å².